The summed E-state index contributed by atoms with van der Waals surface area (Å²) in [6.07, 6.45) is 5.29. The molecule has 5 heteroatoms. The van der Waals surface area contributed by atoms with Crippen molar-refractivity contribution in [3.05, 3.63) is 42.2 Å². The number of carbonyl (C=O) groups excluding carboxylic acids is 1. The number of benzene rings is 1. The van der Waals surface area contributed by atoms with Crippen LogP contribution in [0.2, 0.25) is 0 Å². The summed E-state index contributed by atoms with van der Waals surface area (Å²) < 4.78 is 0. The van der Waals surface area contributed by atoms with Crippen LogP contribution in [0, 0.1) is 5.92 Å². The quantitative estimate of drug-likeness (QED) is 0.915. The molecule has 3 rings (SSSR count). The second-order valence-corrected chi connectivity index (χ2v) is 6.78. The molecule has 0 saturated carbocycles. The zero-order chi connectivity index (χ0) is 16.4. The van der Waals surface area contributed by atoms with E-state index >= 15 is 0 Å². The van der Waals surface area contributed by atoms with Gasteiger partial charge in [-0.3, -0.25) is 9.89 Å². The average molecular weight is 313 g/mol. The van der Waals surface area contributed by atoms with Crippen LogP contribution >= 0.6 is 0 Å². The third kappa shape index (κ3) is 3.45. The number of carbonyl (C=O) groups is 1. The Morgan fingerprint density at radius 3 is 2.39 bits per heavy atom. The lowest BCUT2D eigenvalue weighted by molar-refractivity contribution is -0.0108. The molecule has 1 aliphatic rings. The molecule has 0 spiro atoms. The van der Waals surface area contributed by atoms with Gasteiger partial charge in [0.05, 0.1) is 11.8 Å². The van der Waals surface area contributed by atoms with Gasteiger partial charge in [0.2, 0.25) is 0 Å². The standard InChI is InChI=1S/C18H23N3O2/c1-18(2,23)16-7-9-21(10-8-16)17(22)14-5-3-13(4-6-14)15-11-19-20-12-15/h3-6,11-12,16,23H,7-10H2,1-2H3,(H,19,20). The summed E-state index contributed by atoms with van der Waals surface area (Å²) in [6, 6.07) is 7.63. The summed E-state index contributed by atoms with van der Waals surface area (Å²) in [5.41, 5.74) is 2.09. The van der Waals surface area contributed by atoms with E-state index in [-0.39, 0.29) is 11.8 Å². The zero-order valence-electron chi connectivity index (χ0n) is 13.6. The van der Waals surface area contributed by atoms with Crippen molar-refractivity contribution in [2.75, 3.05) is 13.1 Å². The third-order valence-corrected chi connectivity index (χ3v) is 4.74. The molecule has 2 heterocycles. The van der Waals surface area contributed by atoms with Crippen molar-refractivity contribution < 1.29 is 9.90 Å². The van der Waals surface area contributed by atoms with Gasteiger partial charge in [-0.25, -0.2) is 0 Å². The first kappa shape index (κ1) is 15.7. The lowest BCUT2D eigenvalue weighted by Crippen LogP contribution is -2.44. The minimum atomic E-state index is -0.665. The number of hydrogen-bond donors (Lipinski definition) is 2. The predicted molar refractivity (Wildman–Crippen MR) is 88.9 cm³/mol. The van der Waals surface area contributed by atoms with Gasteiger partial charge in [0, 0.05) is 30.4 Å². The Bertz CT molecular complexity index is 649. The van der Waals surface area contributed by atoms with E-state index in [1.807, 2.05) is 49.2 Å². The van der Waals surface area contributed by atoms with Crippen molar-refractivity contribution in [2.45, 2.75) is 32.3 Å². The Morgan fingerprint density at radius 2 is 1.87 bits per heavy atom. The van der Waals surface area contributed by atoms with Crippen LogP contribution in [-0.4, -0.2) is 44.8 Å². The summed E-state index contributed by atoms with van der Waals surface area (Å²) in [5.74, 6) is 0.327. The number of piperidine rings is 1. The Labute approximate surface area is 136 Å². The van der Waals surface area contributed by atoms with Crippen molar-refractivity contribution >= 4 is 5.91 Å². The maximum Gasteiger partial charge on any atom is 0.253 e. The fourth-order valence-electron chi connectivity index (χ4n) is 3.19. The molecular weight excluding hydrogens is 290 g/mol. The topological polar surface area (TPSA) is 69.2 Å². The van der Waals surface area contributed by atoms with Crippen LogP contribution in [0.4, 0.5) is 0 Å². The number of aromatic amines is 1. The van der Waals surface area contributed by atoms with Crippen LogP contribution in [0.1, 0.15) is 37.0 Å². The third-order valence-electron chi connectivity index (χ3n) is 4.74. The fraction of sp³-hybridized carbons (Fsp3) is 0.444. The highest BCUT2D eigenvalue weighted by Gasteiger charge is 2.32. The molecule has 23 heavy (non-hydrogen) atoms. The summed E-state index contributed by atoms with van der Waals surface area (Å²) >= 11 is 0. The summed E-state index contributed by atoms with van der Waals surface area (Å²) in [6.45, 7) is 5.11. The highest BCUT2D eigenvalue weighted by Crippen LogP contribution is 2.28. The number of aromatic nitrogens is 2. The first-order valence-corrected chi connectivity index (χ1v) is 8.06. The minimum Gasteiger partial charge on any atom is -0.390 e. The fourth-order valence-corrected chi connectivity index (χ4v) is 3.19. The molecule has 1 amide bonds. The van der Waals surface area contributed by atoms with E-state index in [4.69, 9.17) is 0 Å². The van der Waals surface area contributed by atoms with Crippen LogP contribution in [0.3, 0.4) is 0 Å². The first-order valence-electron chi connectivity index (χ1n) is 8.06. The maximum absolute atomic E-state index is 12.6. The van der Waals surface area contributed by atoms with Crippen molar-refractivity contribution in [1.82, 2.24) is 15.1 Å². The van der Waals surface area contributed by atoms with Gasteiger partial charge in [-0.2, -0.15) is 5.10 Å². The number of rotatable bonds is 3. The van der Waals surface area contributed by atoms with E-state index in [0.29, 0.717) is 18.7 Å². The molecule has 0 radical (unpaired) electrons. The van der Waals surface area contributed by atoms with E-state index < -0.39 is 5.60 Å². The number of likely N-dealkylation sites (tertiary alicyclic amines) is 1. The molecular formula is C18H23N3O2. The van der Waals surface area contributed by atoms with Crippen molar-refractivity contribution in [3.63, 3.8) is 0 Å². The first-order chi connectivity index (χ1) is 10.9. The zero-order valence-corrected chi connectivity index (χ0v) is 13.6. The Morgan fingerprint density at radius 1 is 1.22 bits per heavy atom. The SMILES string of the molecule is CC(C)(O)C1CCN(C(=O)c2ccc(-c3cn[nH]c3)cc2)CC1. The Hall–Kier alpha value is -2.14. The molecule has 1 saturated heterocycles. The number of amides is 1. The van der Waals surface area contributed by atoms with Crippen LogP contribution < -0.4 is 0 Å². The lowest BCUT2D eigenvalue weighted by atomic mass is 9.83. The van der Waals surface area contributed by atoms with Crippen molar-refractivity contribution in [1.29, 1.82) is 0 Å². The van der Waals surface area contributed by atoms with Gasteiger partial charge in [0.1, 0.15) is 0 Å². The Balaban J connectivity index is 1.65. The number of hydrogen-bond acceptors (Lipinski definition) is 3. The number of nitrogens with one attached hydrogen (secondary N) is 1. The van der Waals surface area contributed by atoms with Crippen molar-refractivity contribution in [3.8, 4) is 11.1 Å². The second kappa shape index (κ2) is 6.16. The number of H-pyrrole nitrogens is 1. The number of aliphatic hydroxyl groups is 1. The molecule has 0 atom stereocenters. The predicted octanol–water partition coefficient (Wildman–Crippen LogP) is 2.70. The molecule has 2 N–H and O–H groups in total. The smallest absolute Gasteiger partial charge is 0.253 e. The molecule has 122 valence electrons. The maximum atomic E-state index is 12.6. The van der Waals surface area contributed by atoms with Crippen LogP contribution in [-0.2, 0) is 0 Å². The van der Waals surface area contributed by atoms with Crippen LogP contribution in [0.25, 0.3) is 11.1 Å². The minimum absolute atomic E-state index is 0.0675. The van der Waals surface area contributed by atoms with E-state index in [1.165, 1.54) is 0 Å². The molecule has 1 aliphatic heterocycles. The van der Waals surface area contributed by atoms with Crippen LogP contribution in [0.15, 0.2) is 36.7 Å². The van der Waals surface area contributed by atoms with Gasteiger partial charge in [0.25, 0.3) is 5.91 Å². The van der Waals surface area contributed by atoms with Gasteiger partial charge in [-0.1, -0.05) is 12.1 Å². The molecule has 0 unspecified atom stereocenters. The normalized spacial score (nSPS) is 16.6. The monoisotopic (exact) mass is 313 g/mol. The average Bonchev–Trinajstić information content (AvgIpc) is 3.08. The number of nitrogens with zero attached hydrogens (tertiary/aromatic N) is 2. The van der Waals surface area contributed by atoms with Gasteiger partial charge >= 0.3 is 0 Å². The van der Waals surface area contributed by atoms with E-state index in [2.05, 4.69) is 10.2 Å². The summed E-state index contributed by atoms with van der Waals surface area (Å²) in [4.78, 5) is 14.5. The summed E-state index contributed by atoms with van der Waals surface area (Å²) in [5, 5.41) is 16.8. The van der Waals surface area contributed by atoms with Gasteiger partial charge < -0.3 is 10.0 Å². The van der Waals surface area contributed by atoms with E-state index in [9.17, 15) is 9.90 Å². The molecule has 1 fully saturated rings. The molecule has 0 aliphatic carbocycles. The van der Waals surface area contributed by atoms with Crippen LogP contribution in [0.5, 0.6) is 0 Å². The van der Waals surface area contributed by atoms with Gasteiger partial charge in [0.15, 0.2) is 0 Å². The highest BCUT2D eigenvalue weighted by atomic mass is 16.3. The van der Waals surface area contributed by atoms with Gasteiger partial charge in [-0.05, 0) is 50.3 Å². The second-order valence-electron chi connectivity index (χ2n) is 6.78. The van der Waals surface area contributed by atoms with E-state index in [1.54, 1.807) is 6.20 Å². The highest BCUT2D eigenvalue weighted by molar-refractivity contribution is 5.94. The molecule has 1 aromatic heterocycles. The van der Waals surface area contributed by atoms with E-state index in [0.717, 1.165) is 24.0 Å². The molecule has 1 aromatic carbocycles. The Kier molecular flexibility index (Phi) is 4.22. The molecule has 2 aromatic rings. The lowest BCUT2D eigenvalue weighted by Gasteiger charge is -2.37. The largest absolute Gasteiger partial charge is 0.390 e. The molecule has 5 nitrogen and oxygen atoms in total. The molecule has 0 bridgehead atoms. The van der Waals surface area contributed by atoms with Gasteiger partial charge in [-0.15, -0.1) is 0 Å². The van der Waals surface area contributed by atoms with Crippen molar-refractivity contribution in [2.24, 2.45) is 5.92 Å². The summed E-state index contributed by atoms with van der Waals surface area (Å²) in [7, 11) is 0.